The van der Waals surface area contributed by atoms with Gasteiger partial charge in [-0.1, -0.05) is 0 Å². The molecule has 0 saturated heterocycles. The van der Waals surface area contributed by atoms with Crippen LogP contribution in [0.2, 0.25) is 0 Å². The van der Waals surface area contributed by atoms with Gasteiger partial charge in [-0.15, -0.1) is 10.2 Å². The Morgan fingerprint density at radius 1 is 1.36 bits per heavy atom. The highest BCUT2D eigenvalue weighted by atomic mass is 16.5. The van der Waals surface area contributed by atoms with Crippen molar-refractivity contribution in [1.29, 1.82) is 0 Å². The molecule has 9 heteroatoms. The Morgan fingerprint density at radius 2 is 2.16 bits per heavy atom. The summed E-state index contributed by atoms with van der Waals surface area (Å²) in [6.45, 7) is 2.79. The molecule has 0 spiro atoms. The molecule has 2 aromatic rings. The fourth-order valence-corrected chi connectivity index (χ4v) is 2.91. The SMILES string of the molecule is COCCn1c(CO)nnc1C1CC(NC(=O)c2cnc(C)cn2)C1. The van der Waals surface area contributed by atoms with E-state index in [0.717, 1.165) is 24.4 Å². The normalized spacial score (nSPS) is 19.5. The molecular weight excluding hydrogens is 324 g/mol. The van der Waals surface area contributed by atoms with E-state index in [4.69, 9.17) is 4.74 Å². The third kappa shape index (κ3) is 3.83. The molecule has 0 radical (unpaired) electrons. The smallest absolute Gasteiger partial charge is 0.271 e. The van der Waals surface area contributed by atoms with Crippen LogP contribution in [0.1, 0.15) is 46.6 Å². The van der Waals surface area contributed by atoms with E-state index >= 15 is 0 Å². The first kappa shape index (κ1) is 17.4. The lowest BCUT2D eigenvalue weighted by molar-refractivity contribution is 0.0900. The average molecular weight is 346 g/mol. The van der Waals surface area contributed by atoms with E-state index < -0.39 is 0 Å². The van der Waals surface area contributed by atoms with Crippen LogP contribution in [0, 0.1) is 6.92 Å². The first-order valence-corrected chi connectivity index (χ1v) is 8.23. The summed E-state index contributed by atoms with van der Waals surface area (Å²) in [6, 6.07) is 0.0748. The lowest BCUT2D eigenvalue weighted by atomic mass is 9.79. The molecule has 1 amide bonds. The van der Waals surface area contributed by atoms with Gasteiger partial charge in [0.1, 0.15) is 18.1 Å². The summed E-state index contributed by atoms with van der Waals surface area (Å²) in [4.78, 5) is 20.3. The molecule has 0 bridgehead atoms. The Hall–Kier alpha value is -2.39. The van der Waals surface area contributed by atoms with Gasteiger partial charge >= 0.3 is 0 Å². The van der Waals surface area contributed by atoms with Gasteiger partial charge in [0.15, 0.2) is 5.82 Å². The number of carbonyl (C=O) groups is 1. The van der Waals surface area contributed by atoms with Gasteiger partial charge in [0.25, 0.3) is 5.91 Å². The number of hydrogen-bond acceptors (Lipinski definition) is 7. The monoisotopic (exact) mass is 346 g/mol. The number of nitrogens with one attached hydrogen (secondary N) is 1. The van der Waals surface area contributed by atoms with Crippen LogP contribution in [0.3, 0.4) is 0 Å². The van der Waals surface area contributed by atoms with Crippen LogP contribution in [-0.2, 0) is 17.9 Å². The minimum atomic E-state index is -0.215. The third-order valence-corrected chi connectivity index (χ3v) is 4.37. The number of carbonyl (C=O) groups excluding carboxylic acids is 1. The van der Waals surface area contributed by atoms with Gasteiger partial charge in [-0.2, -0.15) is 0 Å². The third-order valence-electron chi connectivity index (χ3n) is 4.37. The van der Waals surface area contributed by atoms with Crippen molar-refractivity contribution in [2.45, 2.75) is 44.9 Å². The quantitative estimate of drug-likeness (QED) is 0.735. The number of methoxy groups -OCH3 is 1. The van der Waals surface area contributed by atoms with Crippen LogP contribution in [-0.4, -0.2) is 55.5 Å². The molecule has 25 heavy (non-hydrogen) atoms. The Bertz CT molecular complexity index is 724. The highest BCUT2D eigenvalue weighted by Gasteiger charge is 2.35. The zero-order valence-electron chi connectivity index (χ0n) is 14.3. The Labute approximate surface area is 145 Å². The van der Waals surface area contributed by atoms with Crippen molar-refractivity contribution in [2.75, 3.05) is 13.7 Å². The summed E-state index contributed by atoms with van der Waals surface area (Å²) < 4.78 is 7.00. The van der Waals surface area contributed by atoms with Gasteiger partial charge in [-0.05, 0) is 19.8 Å². The van der Waals surface area contributed by atoms with E-state index in [2.05, 4.69) is 25.5 Å². The standard InChI is InChI=1S/C16H22N6O3/c1-10-7-18-13(8-17-10)16(24)19-12-5-11(6-12)15-21-20-14(9-23)22(15)3-4-25-2/h7-8,11-12,23H,3-6,9H2,1-2H3,(H,19,24). The molecule has 1 aliphatic rings. The van der Waals surface area contributed by atoms with Crippen LogP contribution >= 0.6 is 0 Å². The number of aliphatic hydroxyl groups excluding tert-OH is 1. The summed E-state index contributed by atoms with van der Waals surface area (Å²) in [7, 11) is 1.63. The van der Waals surface area contributed by atoms with Crippen LogP contribution in [0.4, 0.5) is 0 Å². The second-order valence-corrected chi connectivity index (χ2v) is 6.16. The number of aliphatic hydroxyl groups is 1. The van der Waals surface area contributed by atoms with E-state index in [0.29, 0.717) is 24.7 Å². The van der Waals surface area contributed by atoms with Crippen molar-refractivity contribution in [3.63, 3.8) is 0 Å². The lowest BCUT2D eigenvalue weighted by Gasteiger charge is -2.35. The number of aryl methyl sites for hydroxylation is 1. The van der Waals surface area contributed by atoms with E-state index in [1.165, 1.54) is 6.20 Å². The molecular formula is C16H22N6O3. The summed E-state index contributed by atoms with van der Waals surface area (Å²) in [5, 5.41) is 20.6. The highest BCUT2D eigenvalue weighted by molar-refractivity contribution is 5.92. The number of ether oxygens (including phenoxy) is 1. The minimum absolute atomic E-state index is 0.0748. The second kappa shape index (κ2) is 7.66. The maximum Gasteiger partial charge on any atom is 0.271 e. The first-order chi connectivity index (χ1) is 12.1. The molecule has 2 N–H and O–H groups in total. The summed E-state index contributed by atoms with van der Waals surface area (Å²) >= 11 is 0. The molecule has 0 aliphatic heterocycles. The van der Waals surface area contributed by atoms with Crippen molar-refractivity contribution in [2.24, 2.45) is 0 Å². The zero-order valence-corrected chi connectivity index (χ0v) is 14.3. The second-order valence-electron chi connectivity index (χ2n) is 6.16. The van der Waals surface area contributed by atoms with Gasteiger partial charge < -0.3 is 19.7 Å². The van der Waals surface area contributed by atoms with Crippen LogP contribution < -0.4 is 5.32 Å². The van der Waals surface area contributed by atoms with E-state index in [1.807, 2.05) is 11.5 Å². The summed E-state index contributed by atoms with van der Waals surface area (Å²) in [5.41, 5.74) is 1.09. The fourth-order valence-electron chi connectivity index (χ4n) is 2.91. The Kier molecular flexibility index (Phi) is 5.34. The predicted octanol–water partition coefficient (Wildman–Crippen LogP) is 0.191. The summed E-state index contributed by atoms with van der Waals surface area (Å²) in [6.07, 6.45) is 4.62. The van der Waals surface area contributed by atoms with Gasteiger partial charge in [0.2, 0.25) is 0 Å². The molecule has 0 aromatic carbocycles. The molecule has 1 aliphatic carbocycles. The van der Waals surface area contributed by atoms with Crippen molar-refractivity contribution < 1.29 is 14.6 Å². The lowest BCUT2D eigenvalue weighted by Crippen LogP contribution is -2.44. The molecule has 3 rings (SSSR count). The van der Waals surface area contributed by atoms with Crippen LogP contribution in [0.25, 0.3) is 0 Å². The van der Waals surface area contributed by atoms with Crippen molar-refractivity contribution >= 4 is 5.91 Å². The molecule has 2 aromatic heterocycles. The van der Waals surface area contributed by atoms with E-state index in [1.54, 1.807) is 13.3 Å². The van der Waals surface area contributed by atoms with Gasteiger partial charge in [0, 0.05) is 31.8 Å². The molecule has 1 fully saturated rings. The fraction of sp³-hybridized carbons (Fsp3) is 0.562. The van der Waals surface area contributed by atoms with E-state index in [9.17, 15) is 9.90 Å². The van der Waals surface area contributed by atoms with Crippen LogP contribution in [0.15, 0.2) is 12.4 Å². The Balaban J connectivity index is 1.58. The Morgan fingerprint density at radius 3 is 2.80 bits per heavy atom. The number of aromatic nitrogens is 5. The van der Waals surface area contributed by atoms with Gasteiger partial charge in [0.05, 0.1) is 18.5 Å². The minimum Gasteiger partial charge on any atom is -0.388 e. The zero-order chi connectivity index (χ0) is 17.8. The molecule has 0 unspecified atom stereocenters. The molecule has 134 valence electrons. The largest absolute Gasteiger partial charge is 0.388 e. The van der Waals surface area contributed by atoms with Gasteiger partial charge in [-0.25, -0.2) is 4.98 Å². The number of amides is 1. The predicted molar refractivity (Wildman–Crippen MR) is 87.8 cm³/mol. The average Bonchev–Trinajstić information content (AvgIpc) is 2.98. The summed E-state index contributed by atoms with van der Waals surface area (Å²) in [5.74, 6) is 1.36. The maximum absolute atomic E-state index is 12.2. The number of rotatable bonds is 7. The van der Waals surface area contributed by atoms with Crippen molar-refractivity contribution in [3.8, 4) is 0 Å². The highest BCUT2D eigenvalue weighted by Crippen LogP contribution is 2.36. The van der Waals surface area contributed by atoms with Crippen LogP contribution in [0.5, 0.6) is 0 Å². The van der Waals surface area contributed by atoms with E-state index in [-0.39, 0.29) is 24.5 Å². The topological polar surface area (TPSA) is 115 Å². The maximum atomic E-state index is 12.2. The molecule has 0 atom stereocenters. The van der Waals surface area contributed by atoms with Gasteiger partial charge in [-0.3, -0.25) is 9.78 Å². The van der Waals surface area contributed by atoms with Crippen molar-refractivity contribution in [1.82, 2.24) is 30.0 Å². The number of nitrogens with zero attached hydrogens (tertiary/aromatic N) is 5. The molecule has 1 saturated carbocycles. The molecule has 9 nitrogen and oxygen atoms in total. The first-order valence-electron chi connectivity index (χ1n) is 8.23. The van der Waals surface area contributed by atoms with Crippen molar-refractivity contribution in [3.05, 3.63) is 35.4 Å². The number of hydrogen-bond donors (Lipinski definition) is 2. The molecule has 2 heterocycles.